The van der Waals surface area contributed by atoms with Crippen LogP contribution >= 0.6 is 11.3 Å². The molecule has 2 heterocycles. The van der Waals surface area contributed by atoms with Gasteiger partial charge in [0.05, 0.1) is 6.20 Å². The number of rotatable bonds is 5. The maximum absolute atomic E-state index is 13.2. The molecule has 0 N–H and O–H groups in total. The second-order valence-electron chi connectivity index (χ2n) is 6.79. The molecule has 2 aromatic heterocycles. The van der Waals surface area contributed by atoms with Gasteiger partial charge in [0.25, 0.3) is 5.91 Å². The Balaban J connectivity index is 1.56. The lowest BCUT2D eigenvalue weighted by atomic mass is 9.87. The molecule has 0 saturated heterocycles. The van der Waals surface area contributed by atoms with Gasteiger partial charge in [0.2, 0.25) is 0 Å². The van der Waals surface area contributed by atoms with Crippen molar-refractivity contribution in [1.29, 1.82) is 0 Å². The molecule has 27 heavy (non-hydrogen) atoms. The Bertz CT molecular complexity index is 925. The topological polar surface area (TPSA) is 59.0 Å². The van der Waals surface area contributed by atoms with Gasteiger partial charge in [0, 0.05) is 30.4 Å². The Morgan fingerprint density at radius 1 is 1.26 bits per heavy atom. The van der Waals surface area contributed by atoms with Crippen LogP contribution < -0.4 is 0 Å². The molecule has 0 bridgehead atoms. The van der Waals surface area contributed by atoms with Gasteiger partial charge in [-0.2, -0.15) is 0 Å². The Kier molecular flexibility index (Phi) is 5.25. The fourth-order valence-electron chi connectivity index (χ4n) is 3.68. The van der Waals surface area contributed by atoms with Crippen molar-refractivity contribution in [2.75, 3.05) is 6.54 Å². The fourth-order valence-corrected chi connectivity index (χ4v) is 4.44. The standard InChI is InChI=1S/C21H22N4OS/c1-2-11-25(17-8-7-15-5-3-4-6-16(15)12-17)21(26)19-14-27-20(24-19)18-13-22-9-10-23-18/h3-6,9-10,13-14,17H,2,7-8,11-12H2,1H3. The molecule has 138 valence electrons. The molecule has 1 unspecified atom stereocenters. The van der Waals surface area contributed by atoms with Crippen LogP contribution in [0.3, 0.4) is 0 Å². The van der Waals surface area contributed by atoms with Gasteiger partial charge in [-0.25, -0.2) is 4.98 Å². The number of fused-ring (bicyclic) bond motifs is 1. The van der Waals surface area contributed by atoms with Gasteiger partial charge in [0.15, 0.2) is 0 Å². The summed E-state index contributed by atoms with van der Waals surface area (Å²) >= 11 is 1.44. The van der Waals surface area contributed by atoms with E-state index in [4.69, 9.17) is 0 Å². The predicted molar refractivity (Wildman–Crippen MR) is 107 cm³/mol. The lowest BCUT2D eigenvalue weighted by Crippen LogP contribution is -2.44. The molecule has 0 spiro atoms. The molecule has 1 aromatic carbocycles. The number of benzene rings is 1. The first-order valence-corrected chi connectivity index (χ1v) is 10.2. The normalized spacial score (nSPS) is 16.0. The minimum absolute atomic E-state index is 0.0209. The summed E-state index contributed by atoms with van der Waals surface area (Å²) in [6.07, 6.45) is 8.83. The third kappa shape index (κ3) is 3.76. The Labute approximate surface area is 163 Å². The van der Waals surface area contributed by atoms with Crippen molar-refractivity contribution in [3.05, 3.63) is 65.1 Å². The van der Waals surface area contributed by atoms with Crippen molar-refractivity contribution in [2.24, 2.45) is 0 Å². The van der Waals surface area contributed by atoms with E-state index in [0.29, 0.717) is 11.4 Å². The van der Waals surface area contributed by atoms with Crippen molar-refractivity contribution in [3.8, 4) is 10.7 Å². The summed E-state index contributed by atoms with van der Waals surface area (Å²) in [5.41, 5.74) is 3.99. The number of thiazole rings is 1. The van der Waals surface area contributed by atoms with Crippen molar-refractivity contribution in [2.45, 2.75) is 38.6 Å². The first-order valence-electron chi connectivity index (χ1n) is 9.36. The van der Waals surface area contributed by atoms with E-state index in [1.54, 1.807) is 18.6 Å². The molecule has 1 atom stereocenters. The van der Waals surface area contributed by atoms with E-state index in [1.165, 1.54) is 22.5 Å². The monoisotopic (exact) mass is 378 g/mol. The number of carbonyl (C=O) groups is 1. The highest BCUT2D eigenvalue weighted by molar-refractivity contribution is 7.13. The Hall–Kier alpha value is -2.60. The van der Waals surface area contributed by atoms with E-state index in [-0.39, 0.29) is 11.9 Å². The van der Waals surface area contributed by atoms with Crippen molar-refractivity contribution in [3.63, 3.8) is 0 Å². The highest BCUT2D eigenvalue weighted by Gasteiger charge is 2.29. The molecule has 1 aliphatic rings. The number of hydrogen-bond donors (Lipinski definition) is 0. The molecule has 0 fully saturated rings. The summed E-state index contributed by atoms with van der Waals surface area (Å²) < 4.78 is 0. The number of nitrogens with zero attached hydrogens (tertiary/aromatic N) is 4. The largest absolute Gasteiger partial charge is 0.334 e. The van der Waals surface area contributed by atoms with Crippen molar-refractivity contribution >= 4 is 17.2 Å². The number of aryl methyl sites for hydroxylation is 1. The van der Waals surface area contributed by atoms with Crippen LogP contribution in [0.1, 0.15) is 41.4 Å². The first kappa shape index (κ1) is 17.8. The molecule has 3 aromatic rings. The summed E-state index contributed by atoms with van der Waals surface area (Å²) in [6.45, 7) is 2.87. The fraction of sp³-hybridized carbons (Fsp3) is 0.333. The summed E-state index contributed by atoms with van der Waals surface area (Å²) in [4.78, 5) is 28.2. The van der Waals surface area contributed by atoms with E-state index in [2.05, 4.69) is 46.1 Å². The van der Waals surface area contributed by atoms with E-state index < -0.39 is 0 Å². The van der Waals surface area contributed by atoms with E-state index in [9.17, 15) is 4.79 Å². The molecule has 0 aliphatic heterocycles. The lowest BCUT2D eigenvalue weighted by molar-refractivity contribution is 0.0656. The minimum atomic E-state index is 0.0209. The molecular formula is C21H22N4OS. The third-order valence-corrected chi connectivity index (χ3v) is 5.86. The van der Waals surface area contributed by atoms with Gasteiger partial charge in [-0.1, -0.05) is 31.2 Å². The molecular weight excluding hydrogens is 356 g/mol. The Morgan fingerprint density at radius 2 is 2.11 bits per heavy atom. The maximum atomic E-state index is 13.2. The molecule has 6 heteroatoms. The maximum Gasteiger partial charge on any atom is 0.273 e. The highest BCUT2D eigenvalue weighted by Crippen LogP contribution is 2.27. The van der Waals surface area contributed by atoms with Crippen LogP contribution in [-0.2, 0) is 12.8 Å². The average molecular weight is 379 g/mol. The van der Waals surface area contributed by atoms with E-state index >= 15 is 0 Å². The van der Waals surface area contributed by atoms with Gasteiger partial charge in [0.1, 0.15) is 16.4 Å². The van der Waals surface area contributed by atoms with Gasteiger partial charge in [-0.05, 0) is 36.8 Å². The van der Waals surface area contributed by atoms with Crippen LogP contribution in [0.5, 0.6) is 0 Å². The molecule has 1 aliphatic carbocycles. The van der Waals surface area contributed by atoms with Crippen LogP contribution in [0.4, 0.5) is 0 Å². The predicted octanol–water partition coefficient (Wildman–Crippen LogP) is 4.01. The zero-order valence-electron chi connectivity index (χ0n) is 15.3. The summed E-state index contributed by atoms with van der Waals surface area (Å²) in [5, 5.41) is 2.57. The zero-order valence-corrected chi connectivity index (χ0v) is 16.2. The van der Waals surface area contributed by atoms with Crippen LogP contribution in [-0.4, -0.2) is 38.3 Å². The molecule has 0 radical (unpaired) electrons. The average Bonchev–Trinajstić information content (AvgIpc) is 3.22. The second kappa shape index (κ2) is 7.96. The van der Waals surface area contributed by atoms with E-state index in [1.807, 2.05) is 10.3 Å². The Morgan fingerprint density at radius 3 is 2.89 bits per heavy atom. The molecule has 4 rings (SSSR count). The molecule has 5 nitrogen and oxygen atoms in total. The summed E-state index contributed by atoms with van der Waals surface area (Å²) in [6, 6.07) is 8.79. The quantitative estimate of drug-likeness (QED) is 0.673. The second-order valence-corrected chi connectivity index (χ2v) is 7.65. The van der Waals surface area contributed by atoms with Crippen LogP contribution in [0.25, 0.3) is 10.7 Å². The van der Waals surface area contributed by atoms with Gasteiger partial charge in [-0.3, -0.25) is 14.8 Å². The lowest BCUT2D eigenvalue weighted by Gasteiger charge is -2.35. The number of carbonyl (C=O) groups excluding carboxylic acids is 1. The van der Waals surface area contributed by atoms with Crippen molar-refractivity contribution in [1.82, 2.24) is 19.9 Å². The van der Waals surface area contributed by atoms with Crippen LogP contribution in [0, 0.1) is 0 Å². The third-order valence-electron chi connectivity index (χ3n) is 4.99. The first-order chi connectivity index (χ1) is 13.3. The van der Waals surface area contributed by atoms with Gasteiger partial charge < -0.3 is 4.90 Å². The number of hydrogen-bond acceptors (Lipinski definition) is 5. The smallest absolute Gasteiger partial charge is 0.273 e. The highest BCUT2D eigenvalue weighted by atomic mass is 32.1. The molecule has 0 saturated carbocycles. The summed E-state index contributed by atoms with van der Waals surface area (Å²) in [7, 11) is 0. The zero-order chi connectivity index (χ0) is 18.6. The van der Waals surface area contributed by atoms with Gasteiger partial charge in [-0.15, -0.1) is 11.3 Å². The van der Waals surface area contributed by atoms with Crippen molar-refractivity contribution < 1.29 is 4.79 Å². The summed E-state index contributed by atoms with van der Waals surface area (Å²) in [5.74, 6) is 0.0209. The number of amides is 1. The van der Waals surface area contributed by atoms with Gasteiger partial charge >= 0.3 is 0 Å². The van der Waals surface area contributed by atoms with Crippen LogP contribution in [0.15, 0.2) is 48.2 Å². The van der Waals surface area contributed by atoms with E-state index in [0.717, 1.165) is 37.2 Å². The molecule has 1 amide bonds. The van der Waals surface area contributed by atoms with Crippen LogP contribution in [0.2, 0.25) is 0 Å². The number of aromatic nitrogens is 3. The minimum Gasteiger partial charge on any atom is -0.334 e. The SMILES string of the molecule is CCCN(C(=O)c1csc(-c2cnccn2)n1)C1CCc2ccccc2C1.